The van der Waals surface area contributed by atoms with Crippen LogP contribution in [-0.4, -0.2) is 44.5 Å². The fraction of sp³-hybridized carbons (Fsp3) is 1.00. The van der Waals surface area contributed by atoms with Crippen molar-refractivity contribution < 1.29 is 13.5 Å². The van der Waals surface area contributed by atoms with Crippen molar-refractivity contribution in [1.29, 1.82) is 0 Å². The van der Waals surface area contributed by atoms with Gasteiger partial charge in [0.1, 0.15) is 5.37 Å². The van der Waals surface area contributed by atoms with E-state index in [1.807, 2.05) is 0 Å². The van der Waals surface area contributed by atoms with E-state index in [2.05, 4.69) is 0 Å². The van der Waals surface area contributed by atoms with Gasteiger partial charge in [-0.05, 0) is 14.1 Å². The van der Waals surface area contributed by atoms with Crippen molar-refractivity contribution in [2.75, 3.05) is 20.7 Å². The normalized spacial score (nSPS) is 15.7. The third kappa shape index (κ3) is 2.61. The summed E-state index contributed by atoms with van der Waals surface area (Å²) < 4.78 is 21.2. The first-order valence-corrected chi connectivity index (χ1v) is 4.29. The van der Waals surface area contributed by atoms with Crippen LogP contribution in [0, 0.1) is 0 Å². The average Bonchev–Trinajstić information content (AvgIpc) is 1.60. The Kier molecular flexibility index (Phi) is 3.23. The van der Waals surface area contributed by atoms with Gasteiger partial charge < -0.3 is 5.11 Å². The molecule has 10 heavy (non-hydrogen) atoms. The quantitative estimate of drug-likeness (QED) is 0.518. The average molecular weight is 168 g/mol. The Morgan fingerprint density at radius 2 is 2.00 bits per heavy atom. The minimum atomic E-state index is -3.64. The molecule has 0 spiro atoms. The van der Waals surface area contributed by atoms with Gasteiger partial charge in [-0.2, -0.15) is 0 Å². The first kappa shape index (κ1) is 9.83. The Balaban J connectivity index is 4.38. The van der Waals surface area contributed by atoms with E-state index in [9.17, 15) is 8.42 Å². The SMILES string of the molecule is CN(C)C(CO)S(N)(=O)=O. The van der Waals surface area contributed by atoms with Crippen LogP contribution in [0.15, 0.2) is 0 Å². The largest absolute Gasteiger partial charge is 0.394 e. The Bertz CT molecular complexity index is 187. The summed E-state index contributed by atoms with van der Waals surface area (Å²) in [6.07, 6.45) is 0. The molecule has 1 atom stereocenters. The van der Waals surface area contributed by atoms with Crippen molar-refractivity contribution in [1.82, 2.24) is 4.90 Å². The molecule has 0 aliphatic carbocycles. The van der Waals surface area contributed by atoms with Gasteiger partial charge in [0, 0.05) is 0 Å². The molecule has 0 aromatic heterocycles. The van der Waals surface area contributed by atoms with Crippen molar-refractivity contribution >= 4 is 10.0 Å². The van der Waals surface area contributed by atoms with E-state index in [4.69, 9.17) is 10.2 Å². The summed E-state index contributed by atoms with van der Waals surface area (Å²) in [6, 6.07) is 0. The molecule has 0 aliphatic heterocycles. The van der Waals surface area contributed by atoms with Gasteiger partial charge >= 0.3 is 0 Å². The minimum absolute atomic E-state index is 0.480. The van der Waals surface area contributed by atoms with Gasteiger partial charge in [-0.1, -0.05) is 0 Å². The van der Waals surface area contributed by atoms with Gasteiger partial charge in [-0.3, -0.25) is 4.90 Å². The van der Waals surface area contributed by atoms with Crippen molar-refractivity contribution in [3.63, 3.8) is 0 Å². The number of rotatable bonds is 3. The number of likely N-dealkylation sites (N-methyl/N-ethyl adjacent to an activating group) is 1. The van der Waals surface area contributed by atoms with Crippen LogP contribution in [0.1, 0.15) is 0 Å². The summed E-state index contributed by atoms with van der Waals surface area (Å²) in [7, 11) is -0.572. The maximum Gasteiger partial charge on any atom is 0.227 e. The van der Waals surface area contributed by atoms with Crippen LogP contribution in [0.3, 0.4) is 0 Å². The first-order valence-electron chi connectivity index (χ1n) is 2.68. The molecule has 0 fully saturated rings. The second-order valence-electron chi connectivity index (χ2n) is 2.19. The minimum Gasteiger partial charge on any atom is -0.394 e. The summed E-state index contributed by atoms with van der Waals surface area (Å²) in [6.45, 7) is -0.480. The van der Waals surface area contributed by atoms with Crippen LogP contribution in [0.5, 0.6) is 0 Å². The second kappa shape index (κ2) is 3.29. The number of aliphatic hydroxyl groups is 1. The van der Waals surface area contributed by atoms with Crippen LogP contribution in [0.25, 0.3) is 0 Å². The van der Waals surface area contributed by atoms with E-state index in [0.717, 1.165) is 0 Å². The molecule has 5 nitrogen and oxygen atoms in total. The lowest BCUT2D eigenvalue weighted by Gasteiger charge is -2.18. The molecule has 0 saturated carbocycles. The molecule has 0 aromatic carbocycles. The summed E-state index contributed by atoms with van der Waals surface area (Å²) in [5.41, 5.74) is 0. The lowest BCUT2D eigenvalue weighted by molar-refractivity contribution is 0.216. The van der Waals surface area contributed by atoms with Crippen LogP contribution in [0.2, 0.25) is 0 Å². The summed E-state index contributed by atoms with van der Waals surface area (Å²) >= 11 is 0. The van der Waals surface area contributed by atoms with Crippen molar-refractivity contribution in [2.24, 2.45) is 5.14 Å². The van der Waals surface area contributed by atoms with Crippen LogP contribution < -0.4 is 5.14 Å². The Labute approximate surface area is 60.5 Å². The topological polar surface area (TPSA) is 83.6 Å². The molecule has 1 unspecified atom stereocenters. The third-order valence-corrected chi connectivity index (χ3v) is 2.44. The van der Waals surface area contributed by atoms with Gasteiger partial charge in [-0.15, -0.1) is 0 Å². The van der Waals surface area contributed by atoms with E-state index in [0.29, 0.717) is 0 Å². The zero-order chi connectivity index (χ0) is 8.36. The van der Waals surface area contributed by atoms with Crippen LogP contribution in [-0.2, 0) is 10.0 Å². The number of primary sulfonamides is 1. The third-order valence-electron chi connectivity index (χ3n) is 1.11. The van der Waals surface area contributed by atoms with E-state index < -0.39 is 22.0 Å². The summed E-state index contributed by atoms with van der Waals surface area (Å²) in [5, 5.41) is 12.3. The molecule has 0 heterocycles. The maximum atomic E-state index is 10.6. The van der Waals surface area contributed by atoms with Gasteiger partial charge in [-0.25, -0.2) is 13.6 Å². The molecular weight excluding hydrogens is 156 g/mol. The van der Waals surface area contributed by atoms with Gasteiger partial charge in [0.25, 0.3) is 0 Å². The number of sulfonamides is 1. The number of hydrogen-bond donors (Lipinski definition) is 2. The second-order valence-corrected chi connectivity index (χ2v) is 3.91. The fourth-order valence-electron chi connectivity index (χ4n) is 0.561. The maximum absolute atomic E-state index is 10.6. The van der Waals surface area contributed by atoms with Crippen molar-refractivity contribution in [3.8, 4) is 0 Å². The smallest absolute Gasteiger partial charge is 0.227 e. The fourth-order valence-corrected chi connectivity index (χ4v) is 1.36. The molecule has 0 aliphatic rings. The van der Waals surface area contributed by atoms with Gasteiger partial charge in [0.15, 0.2) is 0 Å². The Morgan fingerprint density at radius 3 is 2.00 bits per heavy atom. The monoisotopic (exact) mass is 168 g/mol. The Hall–Kier alpha value is -0.170. The predicted molar refractivity (Wildman–Crippen MR) is 37.7 cm³/mol. The number of nitrogens with zero attached hydrogens (tertiary/aromatic N) is 1. The number of hydrogen-bond acceptors (Lipinski definition) is 4. The van der Waals surface area contributed by atoms with E-state index >= 15 is 0 Å². The molecule has 6 heteroatoms. The molecule has 0 amide bonds. The van der Waals surface area contributed by atoms with Crippen molar-refractivity contribution in [2.45, 2.75) is 5.37 Å². The van der Waals surface area contributed by atoms with Crippen LogP contribution in [0.4, 0.5) is 0 Å². The lowest BCUT2D eigenvalue weighted by Crippen LogP contribution is -2.42. The van der Waals surface area contributed by atoms with Crippen molar-refractivity contribution in [3.05, 3.63) is 0 Å². The zero-order valence-electron chi connectivity index (χ0n) is 5.98. The summed E-state index contributed by atoms with van der Waals surface area (Å²) in [4.78, 5) is 1.34. The number of nitrogens with two attached hydrogens (primary N) is 1. The van der Waals surface area contributed by atoms with Crippen LogP contribution >= 0.6 is 0 Å². The predicted octanol–water partition coefficient (Wildman–Crippen LogP) is -1.85. The highest BCUT2D eigenvalue weighted by Crippen LogP contribution is 1.96. The van der Waals surface area contributed by atoms with E-state index in [-0.39, 0.29) is 0 Å². The first-order chi connectivity index (χ1) is 4.39. The van der Waals surface area contributed by atoms with E-state index in [1.165, 1.54) is 19.0 Å². The van der Waals surface area contributed by atoms with Gasteiger partial charge in [0.05, 0.1) is 6.61 Å². The highest BCUT2D eigenvalue weighted by Gasteiger charge is 2.21. The highest BCUT2D eigenvalue weighted by atomic mass is 32.2. The molecule has 62 valence electrons. The van der Waals surface area contributed by atoms with Gasteiger partial charge in [0.2, 0.25) is 10.0 Å². The standard InChI is InChI=1S/C4H12N2O3S/c1-6(2)4(3-7)10(5,8)9/h4,7H,3H2,1-2H3,(H2,5,8,9). The molecule has 0 radical (unpaired) electrons. The Morgan fingerprint density at radius 1 is 1.60 bits per heavy atom. The molecule has 0 bridgehead atoms. The molecule has 0 aromatic rings. The molecular formula is C4H12N2O3S. The number of aliphatic hydroxyl groups excluding tert-OH is 1. The van der Waals surface area contributed by atoms with E-state index in [1.54, 1.807) is 0 Å². The highest BCUT2D eigenvalue weighted by molar-refractivity contribution is 7.89. The summed E-state index contributed by atoms with van der Waals surface area (Å²) in [5.74, 6) is 0. The molecule has 3 N–H and O–H groups in total. The zero-order valence-corrected chi connectivity index (χ0v) is 6.80. The lowest BCUT2D eigenvalue weighted by atomic mass is 10.6. The molecule has 0 rings (SSSR count). The molecule has 0 saturated heterocycles.